The van der Waals surface area contributed by atoms with E-state index in [0.717, 1.165) is 5.56 Å². The second kappa shape index (κ2) is 6.04. The van der Waals surface area contributed by atoms with Gasteiger partial charge in [-0.05, 0) is 31.0 Å². The number of carbonyl (C=O) groups excluding carboxylic acids is 3. The predicted octanol–water partition coefficient (Wildman–Crippen LogP) is 1.44. The number of benzene rings is 1. The molecule has 1 fully saturated rings. The highest BCUT2D eigenvalue weighted by Gasteiger charge is 2.30. The van der Waals surface area contributed by atoms with E-state index in [9.17, 15) is 14.4 Å². The maximum Gasteiger partial charge on any atom is 0.294 e. The van der Waals surface area contributed by atoms with Gasteiger partial charge in [-0.1, -0.05) is 17.3 Å². The predicted molar refractivity (Wildman–Crippen MR) is 80.6 cm³/mol. The van der Waals surface area contributed by atoms with Crippen LogP contribution in [-0.2, 0) is 16.0 Å². The number of rotatable bonds is 4. The van der Waals surface area contributed by atoms with Crippen LogP contribution in [0.25, 0.3) is 0 Å². The van der Waals surface area contributed by atoms with E-state index in [-0.39, 0.29) is 35.8 Å². The Bertz CT molecular complexity index is 764. The number of nitrogens with one attached hydrogen (secondary N) is 2. The van der Waals surface area contributed by atoms with Crippen LogP contribution in [0.3, 0.4) is 0 Å². The molecule has 1 unspecified atom stereocenters. The molecule has 0 spiro atoms. The lowest BCUT2D eigenvalue weighted by Crippen LogP contribution is -2.22. The second-order valence-electron chi connectivity index (χ2n) is 5.50. The third-order valence-corrected chi connectivity index (χ3v) is 3.61. The van der Waals surface area contributed by atoms with Crippen LogP contribution in [-0.4, -0.2) is 22.9 Å². The first-order chi connectivity index (χ1) is 11.0. The number of imide groups is 1. The summed E-state index contributed by atoms with van der Waals surface area (Å²) in [6.45, 7) is 1.74. The van der Waals surface area contributed by atoms with E-state index < -0.39 is 0 Å². The van der Waals surface area contributed by atoms with E-state index in [4.69, 9.17) is 4.52 Å². The van der Waals surface area contributed by atoms with E-state index in [1.54, 1.807) is 25.1 Å². The molecule has 0 radical (unpaired) electrons. The molecule has 0 saturated carbocycles. The fourth-order valence-corrected chi connectivity index (χ4v) is 2.44. The fourth-order valence-electron chi connectivity index (χ4n) is 2.44. The molecule has 1 aromatic heterocycles. The Labute approximate surface area is 132 Å². The molecule has 3 rings (SSSR count). The van der Waals surface area contributed by atoms with Gasteiger partial charge in [0.2, 0.25) is 17.6 Å². The van der Waals surface area contributed by atoms with Crippen LogP contribution in [0.5, 0.6) is 0 Å². The molecule has 1 aliphatic rings. The first-order valence-corrected chi connectivity index (χ1v) is 7.18. The van der Waals surface area contributed by atoms with Crippen LogP contribution in [0.1, 0.15) is 28.2 Å². The first kappa shape index (κ1) is 15.0. The summed E-state index contributed by atoms with van der Waals surface area (Å²) in [5.74, 6) is -1.01. The van der Waals surface area contributed by atoms with Gasteiger partial charge in [0.1, 0.15) is 0 Å². The summed E-state index contributed by atoms with van der Waals surface area (Å²) in [5.41, 5.74) is 2.17. The van der Waals surface area contributed by atoms with Gasteiger partial charge in [-0.3, -0.25) is 19.7 Å². The largest absolute Gasteiger partial charge is 0.351 e. The zero-order valence-corrected chi connectivity index (χ0v) is 12.5. The van der Waals surface area contributed by atoms with Gasteiger partial charge in [0.05, 0.1) is 11.6 Å². The van der Waals surface area contributed by atoms with Gasteiger partial charge in [-0.2, -0.15) is 0 Å². The van der Waals surface area contributed by atoms with Crippen molar-refractivity contribution in [3.8, 4) is 0 Å². The molecule has 7 heteroatoms. The Balaban J connectivity index is 1.62. The number of carbonyl (C=O) groups is 3. The minimum absolute atomic E-state index is 0.146. The third kappa shape index (κ3) is 3.45. The van der Waals surface area contributed by atoms with Crippen LogP contribution in [0.2, 0.25) is 0 Å². The smallest absolute Gasteiger partial charge is 0.294 e. The average molecular weight is 313 g/mol. The SMILES string of the molecule is Cc1cc(C(=O)Nc2ccc(CC3CC(=O)NC3=O)cc2)on1. The zero-order valence-electron chi connectivity index (χ0n) is 12.5. The number of anilines is 1. The minimum atomic E-state index is -0.376. The van der Waals surface area contributed by atoms with Crippen LogP contribution in [0, 0.1) is 12.8 Å². The summed E-state index contributed by atoms with van der Waals surface area (Å²) in [6, 6.07) is 8.67. The molecule has 1 atom stereocenters. The number of nitrogens with zero attached hydrogens (tertiary/aromatic N) is 1. The highest BCUT2D eigenvalue weighted by Crippen LogP contribution is 2.19. The van der Waals surface area contributed by atoms with Crippen LogP contribution in [0.15, 0.2) is 34.9 Å². The van der Waals surface area contributed by atoms with Gasteiger partial charge in [0, 0.05) is 18.2 Å². The van der Waals surface area contributed by atoms with Gasteiger partial charge in [-0.15, -0.1) is 0 Å². The number of hydrogen-bond donors (Lipinski definition) is 2. The summed E-state index contributed by atoms with van der Waals surface area (Å²) in [6.07, 6.45) is 0.718. The molecular weight excluding hydrogens is 298 g/mol. The molecule has 2 aromatic rings. The maximum atomic E-state index is 11.9. The van der Waals surface area contributed by atoms with Crippen molar-refractivity contribution in [3.63, 3.8) is 0 Å². The number of aryl methyl sites for hydroxylation is 1. The summed E-state index contributed by atoms with van der Waals surface area (Å²) in [4.78, 5) is 34.7. The Morgan fingerprint density at radius 2 is 2.09 bits per heavy atom. The van der Waals surface area contributed by atoms with E-state index in [0.29, 0.717) is 17.8 Å². The van der Waals surface area contributed by atoms with Crippen molar-refractivity contribution in [2.45, 2.75) is 19.8 Å². The quantitative estimate of drug-likeness (QED) is 0.832. The fraction of sp³-hybridized carbons (Fsp3) is 0.250. The molecule has 7 nitrogen and oxygen atoms in total. The Morgan fingerprint density at radius 1 is 1.35 bits per heavy atom. The summed E-state index contributed by atoms with van der Waals surface area (Å²) >= 11 is 0. The standard InChI is InChI=1S/C16H15N3O4/c1-9-6-13(23-19-9)16(22)17-12-4-2-10(3-5-12)7-11-8-14(20)18-15(11)21/h2-6,11H,7-8H2,1H3,(H,17,22)(H,18,20,21). The summed E-state index contributed by atoms with van der Waals surface area (Å²) < 4.78 is 4.89. The zero-order chi connectivity index (χ0) is 16.4. The van der Waals surface area contributed by atoms with Crippen LogP contribution >= 0.6 is 0 Å². The Morgan fingerprint density at radius 3 is 2.65 bits per heavy atom. The second-order valence-corrected chi connectivity index (χ2v) is 5.50. The Hall–Kier alpha value is -2.96. The molecule has 0 aliphatic carbocycles. The van der Waals surface area contributed by atoms with E-state index in [1.807, 2.05) is 12.1 Å². The molecule has 118 valence electrons. The minimum Gasteiger partial charge on any atom is -0.351 e. The molecule has 1 saturated heterocycles. The first-order valence-electron chi connectivity index (χ1n) is 7.18. The van der Waals surface area contributed by atoms with E-state index in [1.165, 1.54) is 0 Å². The molecule has 1 aromatic carbocycles. The van der Waals surface area contributed by atoms with Gasteiger partial charge >= 0.3 is 0 Å². The highest BCUT2D eigenvalue weighted by molar-refractivity contribution is 6.03. The third-order valence-electron chi connectivity index (χ3n) is 3.61. The normalized spacial score (nSPS) is 17.2. The van der Waals surface area contributed by atoms with E-state index in [2.05, 4.69) is 15.8 Å². The summed E-state index contributed by atoms with van der Waals surface area (Å²) in [5, 5.41) is 8.66. The lowest BCUT2D eigenvalue weighted by atomic mass is 9.98. The number of aromatic nitrogens is 1. The Kier molecular flexibility index (Phi) is 3.92. The molecule has 3 amide bonds. The molecule has 2 N–H and O–H groups in total. The van der Waals surface area contributed by atoms with Crippen molar-refractivity contribution in [2.24, 2.45) is 5.92 Å². The monoisotopic (exact) mass is 313 g/mol. The molecule has 2 heterocycles. The topological polar surface area (TPSA) is 101 Å². The van der Waals surface area contributed by atoms with Crippen molar-refractivity contribution in [2.75, 3.05) is 5.32 Å². The lowest BCUT2D eigenvalue weighted by molar-refractivity contribution is -0.125. The molecule has 0 bridgehead atoms. The highest BCUT2D eigenvalue weighted by atomic mass is 16.5. The van der Waals surface area contributed by atoms with Gasteiger partial charge in [0.15, 0.2) is 0 Å². The number of hydrogen-bond acceptors (Lipinski definition) is 5. The van der Waals surface area contributed by atoms with Crippen LogP contribution in [0.4, 0.5) is 5.69 Å². The van der Waals surface area contributed by atoms with E-state index >= 15 is 0 Å². The molecule has 1 aliphatic heterocycles. The lowest BCUT2D eigenvalue weighted by Gasteiger charge is -2.07. The van der Waals surface area contributed by atoms with Crippen molar-refractivity contribution in [3.05, 3.63) is 47.3 Å². The summed E-state index contributed by atoms with van der Waals surface area (Å²) in [7, 11) is 0. The average Bonchev–Trinajstić information content (AvgIpc) is 3.07. The van der Waals surface area contributed by atoms with Crippen molar-refractivity contribution in [1.82, 2.24) is 10.5 Å². The van der Waals surface area contributed by atoms with Crippen molar-refractivity contribution >= 4 is 23.4 Å². The number of amides is 3. The van der Waals surface area contributed by atoms with Crippen molar-refractivity contribution in [1.29, 1.82) is 0 Å². The van der Waals surface area contributed by atoms with Crippen LogP contribution < -0.4 is 10.6 Å². The van der Waals surface area contributed by atoms with Gasteiger partial charge < -0.3 is 9.84 Å². The van der Waals surface area contributed by atoms with Crippen molar-refractivity contribution < 1.29 is 18.9 Å². The molecule has 23 heavy (non-hydrogen) atoms. The molecular formula is C16H15N3O4. The van der Waals surface area contributed by atoms with Gasteiger partial charge in [0.25, 0.3) is 5.91 Å². The maximum absolute atomic E-state index is 11.9. The van der Waals surface area contributed by atoms with Gasteiger partial charge in [-0.25, -0.2) is 0 Å².